The van der Waals surface area contributed by atoms with Gasteiger partial charge in [0.05, 0.1) is 11.0 Å². The Morgan fingerprint density at radius 3 is 2.13 bits per heavy atom. The van der Waals surface area contributed by atoms with E-state index < -0.39 is 107 Å². The monoisotopic (exact) mass is 1070 g/mol. The number of rotatable bonds is 19. The molecule has 3 aromatic rings. The van der Waals surface area contributed by atoms with Gasteiger partial charge in [0.15, 0.2) is 17.7 Å². The molecule has 0 spiro atoms. The van der Waals surface area contributed by atoms with E-state index in [1.165, 1.54) is 31.2 Å². The summed E-state index contributed by atoms with van der Waals surface area (Å²) >= 11 is 0. The van der Waals surface area contributed by atoms with Crippen molar-refractivity contribution in [3.8, 4) is 0 Å². The number of primary amides is 1. The number of non-ortho nitro benzene ring substituents is 1. The third kappa shape index (κ3) is 20.7. The summed E-state index contributed by atoms with van der Waals surface area (Å²) in [4.78, 5) is 147. The number of hydrogen-bond acceptors (Lipinski definition) is 14. The molecule has 1 aromatic heterocycles. The van der Waals surface area contributed by atoms with Gasteiger partial charge in [0.2, 0.25) is 35.4 Å². The minimum Gasteiger partial charge on any atom is -0.370 e. The van der Waals surface area contributed by atoms with E-state index in [0.717, 1.165) is 10.9 Å². The molecule has 1 fully saturated rings. The highest BCUT2D eigenvalue weighted by Crippen LogP contribution is 2.27. The molecule has 2 heterocycles. The second-order valence-corrected chi connectivity index (χ2v) is 19.1. The normalized spacial score (nSPS) is 21.1. The van der Waals surface area contributed by atoms with Crippen molar-refractivity contribution in [1.29, 1.82) is 0 Å². The maximum atomic E-state index is 14.8. The van der Waals surface area contributed by atoms with Gasteiger partial charge in [-0.05, 0) is 87.9 Å². The van der Waals surface area contributed by atoms with Crippen molar-refractivity contribution in [3.05, 3.63) is 76.0 Å². The summed E-state index contributed by atoms with van der Waals surface area (Å²) in [6, 6.07) is 5.87. The number of H-pyrrole nitrogens is 1. The number of aromatic nitrogens is 1. The van der Waals surface area contributed by atoms with Gasteiger partial charge in [0.25, 0.3) is 5.69 Å². The number of Topliss-reactive ketones (excluding diaryl/α,β-unsaturated/α-hetero) is 3. The van der Waals surface area contributed by atoms with E-state index >= 15 is 0 Å². The van der Waals surface area contributed by atoms with Crippen LogP contribution in [0, 0.1) is 22.0 Å². The third-order valence-electron chi connectivity index (χ3n) is 13.1. The lowest BCUT2D eigenvalue weighted by molar-refractivity contribution is -0.384. The van der Waals surface area contributed by atoms with Crippen LogP contribution in [0.3, 0.4) is 0 Å². The Hall–Kier alpha value is -8.29. The number of aromatic amines is 1. The summed E-state index contributed by atoms with van der Waals surface area (Å²) in [7, 11) is 0. The van der Waals surface area contributed by atoms with Crippen LogP contribution in [0.5, 0.6) is 0 Å². The van der Waals surface area contributed by atoms with Crippen molar-refractivity contribution in [2.45, 2.75) is 133 Å². The quantitative estimate of drug-likeness (QED) is 0.0233. The largest absolute Gasteiger partial charge is 0.370 e. The number of guanidine groups is 2. The topological polar surface area (TPSA) is 454 Å². The Bertz CT molecular complexity index is 2650. The fourth-order valence-corrected chi connectivity index (χ4v) is 9.03. The number of fused-ring (bicyclic) bond motifs is 1. The van der Waals surface area contributed by atoms with Crippen LogP contribution in [-0.4, -0.2) is 124 Å². The molecule has 26 heteroatoms. The molecule has 0 bridgehead atoms. The second kappa shape index (κ2) is 30.9. The number of amides is 6. The van der Waals surface area contributed by atoms with Crippen LogP contribution < -0.4 is 61.0 Å². The first-order valence-corrected chi connectivity index (χ1v) is 25.6. The van der Waals surface area contributed by atoms with E-state index in [1.54, 1.807) is 6.20 Å². The number of ketones is 3. The maximum Gasteiger partial charge on any atom is 0.269 e. The van der Waals surface area contributed by atoms with Gasteiger partial charge in [-0.25, -0.2) is 0 Å². The van der Waals surface area contributed by atoms with Crippen molar-refractivity contribution in [2.24, 2.45) is 56.2 Å². The molecule has 2 aromatic carbocycles. The van der Waals surface area contributed by atoms with Crippen LogP contribution in [0.2, 0.25) is 0 Å². The molecule has 1 aliphatic heterocycles. The van der Waals surface area contributed by atoms with Gasteiger partial charge in [0, 0.05) is 86.8 Å². The first kappa shape index (κ1) is 61.3. The molecule has 77 heavy (non-hydrogen) atoms. The van der Waals surface area contributed by atoms with Crippen LogP contribution in [0.1, 0.15) is 102 Å². The van der Waals surface area contributed by atoms with Gasteiger partial charge < -0.3 is 66.0 Å². The minimum absolute atomic E-state index is 0.0186. The fraction of sp³-hybridized carbons (Fsp3) is 0.510. The molecular weight excluding hydrogens is 999 g/mol. The fourth-order valence-electron chi connectivity index (χ4n) is 9.03. The molecule has 0 aliphatic carbocycles. The van der Waals surface area contributed by atoms with Gasteiger partial charge in [-0.2, -0.15) is 0 Å². The number of aliphatic imine (C=N–C) groups is 2. The van der Waals surface area contributed by atoms with Gasteiger partial charge in [-0.1, -0.05) is 36.8 Å². The van der Waals surface area contributed by atoms with Crippen molar-refractivity contribution in [2.75, 3.05) is 19.6 Å². The van der Waals surface area contributed by atoms with Crippen LogP contribution in [-0.2, 0) is 56.0 Å². The van der Waals surface area contributed by atoms with E-state index in [-0.39, 0.29) is 132 Å². The number of benzene rings is 2. The molecule has 0 radical (unpaired) electrons. The Morgan fingerprint density at radius 2 is 1.45 bits per heavy atom. The number of carbonyl (C=O) groups excluding carboxylic acids is 9. The standard InChI is InChI=1S/C51H73N15O11/c1-29(67)61-39(16-8-22-59-51(56)57)47(73)63-40-18-17-35(68)12-2-4-15-38(45(53)71)62-46(72)32(25-33-28-60-37-14-5-3-13-36(33)37)27-43(69)31(10-7-21-58-50(54)55)26-44(70)42(24-30-9-6-11-34(23-30)66(76)77)65-49(75)41(19-20-52)64-48(40)74/h3,5-6,9,11,13-14,23,28,31-32,38-42,60H,2,4,7-8,10,12,15-22,24-27,52H2,1H3,(H2,53,71)(H,61,67)(H,62,72)(H,63,73)(H,64,74)(H,65,75)(H4,54,55,58)(H4,56,57,59)/t31-,32-,38+,39+,40+,41+,42-/m1/s1. The van der Waals surface area contributed by atoms with Crippen molar-refractivity contribution in [3.63, 3.8) is 0 Å². The summed E-state index contributed by atoms with van der Waals surface area (Å²) in [5.41, 5.74) is 35.2. The number of nitrogens with two attached hydrogens (primary N) is 6. The minimum atomic E-state index is -1.48. The number of nitrogens with zero attached hydrogens (tertiary/aromatic N) is 3. The van der Waals surface area contributed by atoms with Gasteiger partial charge in [-0.15, -0.1) is 0 Å². The van der Waals surface area contributed by atoms with Crippen molar-refractivity contribution in [1.82, 2.24) is 31.6 Å². The highest BCUT2D eigenvalue weighted by Gasteiger charge is 2.35. The molecular formula is C51H73N15O11. The Labute approximate surface area is 445 Å². The smallest absolute Gasteiger partial charge is 0.269 e. The number of nitro groups is 1. The molecule has 4 rings (SSSR count). The molecule has 0 saturated carbocycles. The summed E-state index contributed by atoms with van der Waals surface area (Å²) in [6.45, 7) is 1.19. The summed E-state index contributed by atoms with van der Waals surface area (Å²) in [6.07, 6.45) is 0.684. The second-order valence-electron chi connectivity index (χ2n) is 19.1. The highest BCUT2D eigenvalue weighted by atomic mass is 16.6. The average molecular weight is 1070 g/mol. The maximum absolute atomic E-state index is 14.8. The number of carbonyl (C=O) groups is 9. The molecule has 1 aliphatic rings. The number of nitro benzene ring substituents is 1. The zero-order valence-electron chi connectivity index (χ0n) is 43.3. The van der Waals surface area contributed by atoms with E-state index in [2.05, 4.69) is 41.6 Å². The number of para-hydroxylation sites is 1. The zero-order valence-corrected chi connectivity index (χ0v) is 43.3. The summed E-state index contributed by atoms with van der Waals surface area (Å²) in [5.74, 6) is -8.91. The lowest BCUT2D eigenvalue weighted by Gasteiger charge is -2.27. The van der Waals surface area contributed by atoms with E-state index in [1.807, 2.05) is 24.3 Å². The summed E-state index contributed by atoms with van der Waals surface area (Å²) in [5, 5.41) is 25.7. The predicted octanol–water partition coefficient (Wildman–Crippen LogP) is -0.679. The molecule has 26 nitrogen and oxygen atoms in total. The molecule has 0 unspecified atom stereocenters. The number of hydrogen-bond donors (Lipinski definition) is 12. The van der Waals surface area contributed by atoms with E-state index in [4.69, 9.17) is 34.4 Å². The zero-order chi connectivity index (χ0) is 56.6. The Kier molecular flexibility index (Phi) is 24.6. The summed E-state index contributed by atoms with van der Waals surface area (Å²) < 4.78 is 0. The SMILES string of the molecule is CC(=O)N[C@@H](CCCN=C(N)N)C(=O)N[C@H]1CCC(=O)CCCC[C@@H](C(N)=O)NC(=O)[C@H](Cc2c[nH]c3ccccc23)CC(=O)[C@H](CCCN=C(N)N)CC(=O)[C@@H](Cc2cccc([N+](=O)[O-])c2)NC(=O)[C@H](CCN)NC1=O. The third-order valence-corrected chi connectivity index (χ3v) is 13.1. The van der Waals surface area contributed by atoms with Gasteiger partial charge in [-0.3, -0.25) is 63.2 Å². The van der Waals surface area contributed by atoms with Crippen LogP contribution >= 0.6 is 0 Å². The van der Waals surface area contributed by atoms with E-state index in [9.17, 15) is 53.3 Å². The first-order valence-electron chi connectivity index (χ1n) is 25.6. The molecule has 418 valence electrons. The number of nitrogens with one attached hydrogen (secondary N) is 6. The van der Waals surface area contributed by atoms with Gasteiger partial charge in [0.1, 0.15) is 35.7 Å². The molecule has 6 amide bonds. The first-order chi connectivity index (χ1) is 36.6. The predicted molar refractivity (Wildman–Crippen MR) is 286 cm³/mol. The highest BCUT2D eigenvalue weighted by molar-refractivity contribution is 5.98. The van der Waals surface area contributed by atoms with Gasteiger partial charge >= 0.3 is 0 Å². The van der Waals surface area contributed by atoms with E-state index in [0.29, 0.717) is 5.56 Å². The average Bonchev–Trinajstić information content (AvgIpc) is 3.79. The lowest BCUT2D eigenvalue weighted by Crippen LogP contribution is -2.58. The van der Waals surface area contributed by atoms with Crippen LogP contribution in [0.25, 0.3) is 10.9 Å². The molecule has 18 N–H and O–H groups in total. The van der Waals surface area contributed by atoms with Crippen molar-refractivity contribution >= 4 is 81.3 Å². The lowest BCUT2D eigenvalue weighted by atomic mass is 9.83. The van der Waals surface area contributed by atoms with Crippen LogP contribution in [0.4, 0.5) is 5.69 Å². The molecule has 1 saturated heterocycles. The Balaban J connectivity index is 1.80. The Morgan fingerprint density at radius 1 is 0.766 bits per heavy atom. The molecule has 7 atom stereocenters. The van der Waals surface area contributed by atoms with Crippen LogP contribution in [0.15, 0.2) is 64.7 Å². The van der Waals surface area contributed by atoms with Crippen molar-refractivity contribution < 1.29 is 48.1 Å².